The van der Waals surface area contributed by atoms with Crippen LogP contribution < -0.4 is 0 Å². The fourth-order valence-electron chi connectivity index (χ4n) is 3.39. The summed E-state index contributed by atoms with van der Waals surface area (Å²) in [4.78, 5) is 0.909. The second kappa shape index (κ2) is 8.26. The zero-order valence-corrected chi connectivity index (χ0v) is 15.2. The molecule has 124 valence electrons. The lowest BCUT2D eigenvalue weighted by atomic mass is 9.75. The van der Waals surface area contributed by atoms with Gasteiger partial charge >= 0.3 is 0 Å². The molecule has 2 rings (SSSR count). The van der Waals surface area contributed by atoms with Crippen LogP contribution in [0.5, 0.6) is 0 Å². The van der Waals surface area contributed by atoms with Gasteiger partial charge in [-0.1, -0.05) is 44.9 Å². The van der Waals surface area contributed by atoms with Crippen molar-refractivity contribution in [1.29, 1.82) is 0 Å². The van der Waals surface area contributed by atoms with Crippen LogP contribution in [0.2, 0.25) is 0 Å². The van der Waals surface area contributed by atoms with Gasteiger partial charge in [0, 0.05) is 4.90 Å². The highest BCUT2D eigenvalue weighted by atomic mass is 32.2. The molecule has 0 amide bonds. The van der Waals surface area contributed by atoms with Crippen molar-refractivity contribution in [3.63, 3.8) is 0 Å². The van der Waals surface area contributed by atoms with Gasteiger partial charge in [-0.2, -0.15) is 0 Å². The summed E-state index contributed by atoms with van der Waals surface area (Å²) >= 11 is 0. The van der Waals surface area contributed by atoms with Crippen molar-refractivity contribution < 1.29 is 8.95 Å². The number of aryl methyl sites for hydroxylation is 1. The Balaban J connectivity index is 1.83. The summed E-state index contributed by atoms with van der Waals surface area (Å²) in [5, 5.41) is 0. The summed E-state index contributed by atoms with van der Waals surface area (Å²) in [5.41, 5.74) is 1.20. The van der Waals surface area contributed by atoms with Crippen LogP contribution >= 0.6 is 0 Å². The molecule has 0 saturated heterocycles. The molecule has 0 N–H and O–H groups in total. The summed E-state index contributed by atoms with van der Waals surface area (Å²) < 4.78 is 18.5. The minimum atomic E-state index is -0.952. The molecule has 1 aromatic carbocycles. The van der Waals surface area contributed by atoms with E-state index in [4.69, 9.17) is 4.74 Å². The van der Waals surface area contributed by atoms with Gasteiger partial charge in [-0.25, -0.2) is 0 Å². The lowest BCUT2D eigenvalue weighted by molar-refractivity contribution is -0.0318. The molecule has 1 aromatic rings. The maximum absolute atomic E-state index is 12.3. The molecule has 0 unspecified atom stereocenters. The zero-order chi connectivity index (χ0) is 16.1. The van der Waals surface area contributed by atoms with E-state index in [9.17, 15) is 4.21 Å². The van der Waals surface area contributed by atoms with E-state index < -0.39 is 10.8 Å². The minimum Gasteiger partial charge on any atom is -0.377 e. The first kappa shape index (κ1) is 17.7. The van der Waals surface area contributed by atoms with Gasteiger partial charge in [0.25, 0.3) is 0 Å². The van der Waals surface area contributed by atoms with Crippen LogP contribution in [0.1, 0.15) is 45.6 Å². The maximum atomic E-state index is 12.3. The molecule has 4 atom stereocenters. The van der Waals surface area contributed by atoms with Gasteiger partial charge in [0.1, 0.15) is 0 Å². The van der Waals surface area contributed by atoms with Crippen LogP contribution in [0.15, 0.2) is 29.2 Å². The molecule has 0 spiro atoms. The number of rotatable bonds is 6. The quantitative estimate of drug-likeness (QED) is 0.766. The molecule has 0 radical (unpaired) electrons. The van der Waals surface area contributed by atoms with Crippen LogP contribution in [0.25, 0.3) is 0 Å². The molecule has 3 heteroatoms. The molecule has 22 heavy (non-hydrogen) atoms. The first-order valence-electron chi connectivity index (χ1n) is 8.54. The molecular formula is C19H30O2S. The highest BCUT2D eigenvalue weighted by molar-refractivity contribution is 7.85. The monoisotopic (exact) mass is 322 g/mol. The zero-order valence-electron chi connectivity index (χ0n) is 14.4. The van der Waals surface area contributed by atoms with E-state index in [-0.39, 0.29) is 0 Å². The Morgan fingerprint density at radius 2 is 1.91 bits per heavy atom. The number of benzene rings is 1. The minimum absolute atomic E-state index is 0.346. The third-order valence-corrected chi connectivity index (χ3v) is 6.18. The van der Waals surface area contributed by atoms with Crippen molar-refractivity contribution in [2.24, 2.45) is 17.8 Å². The SMILES string of the molecule is Cc1ccc([S@](=O)CCO[C@@H]2C[C@H](C)CC[C@H]2C(C)C)cc1. The van der Waals surface area contributed by atoms with Crippen LogP contribution in [-0.4, -0.2) is 22.7 Å². The molecule has 0 aromatic heterocycles. The Bertz CT molecular complexity index is 481. The fourth-order valence-corrected chi connectivity index (χ4v) is 4.31. The van der Waals surface area contributed by atoms with Gasteiger partial charge in [0.2, 0.25) is 0 Å². The van der Waals surface area contributed by atoms with E-state index in [1.807, 2.05) is 31.2 Å². The molecule has 1 aliphatic carbocycles. The van der Waals surface area contributed by atoms with E-state index in [0.29, 0.717) is 30.3 Å². The summed E-state index contributed by atoms with van der Waals surface area (Å²) in [6.07, 6.45) is 4.08. The predicted molar refractivity (Wildman–Crippen MR) is 93.5 cm³/mol. The van der Waals surface area contributed by atoms with Gasteiger partial charge in [0.15, 0.2) is 0 Å². The van der Waals surface area contributed by atoms with Crippen molar-refractivity contribution >= 4 is 10.8 Å². The molecule has 2 nitrogen and oxygen atoms in total. The lowest BCUT2D eigenvalue weighted by Gasteiger charge is -2.37. The summed E-state index contributed by atoms with van der Waals surface area (Å²) in [6, 6.07) is 7.97. The van der Waals surface area contributed by atoms with E-state index in [2.05, 4.69) is 20.8 Å². The Morgan fingerprint density at radius 1 is 1.23 bits per heavy atom. The summed E-state index contributed by atoms with van der Waals surface area (Å²) in [7, 11) is -0.952. The van der Waals surface area contributed by atoms with E-state index in [0.717, 1.165) is 17.2 Å². The van der Waals surface area contributed by atoms with Gasteiger partial charge in [0.05, 0.1) is 29.3 Å². The first-order valence-corrected chi connectivity index (χ1v) is 9.86. The Kier molecular flexibility index (Phi) is 6.64. The maximum Gasteiger partial charge on any atom is 0.0608 e. The van der Waals surface area contributed by atoms with Gasteiger partial charge in [-0.3, -0.25) is 4.21 Å². The van der Waals surface area contributed by atoms with Crippen molar-refractivity contribution in [3.8, 4) is 0 Å². The molecule has 0 aliphatic heterocycles. The van der Waals surface area contributed by atoms with Gasteiger partial charge in [-0.15, -0.1) is 0 Å². The van der Waals surface area contributed by atoms with Crippen LogP contribution in [0.3, 0.4) is 0 Å². The molecule has 0 bridgehead atoms. The van der Waals surface area contributed by atoms with E-state index >= 15 is 0 Å². The van der Waals surface area contributed by atoms with Gasteiger partial charge in [-0.05, 0) is 49.7 Å². The second-order valence-electron chi connectivity index (χ2n) is 7.10. The van der Waals surface area contributed by atoms with E-state index in [1.165, 1.54) is 18.4 Å². The second-order valence-corrected chi connectivity index (χ2v) is 8.67. The van der Waals surface area contributed by atoms with Crippen LogP contribution in [-0.2, 0) is 15.5 Å². The third kappa shape index (κ3) is 4.92. The average Bonchev–Trinajstić information content (AvgIpc) is 2.47. The Labute approximate surface area is 138 Å². The molecular weight excluding hydrogens is 292 g/mol. The standard InChI is InChI=1S/C19H30O2S/c1-14(2)18-10-7-16(4)13-19(18)21-11-12-22(20)17-8-5-15(3)6-9-17/h5-6,8-9,14,16,18-19H,7,10-13H2,1-4H3/t16-,18+,19-,22-/m1/s1. The smallest absolute Gasteiger partial charge is 0.0608 e. The average molecular weight is 323 g/mol. The first-order chi connectivity index (χ1) is 10.5. The molecule has 1 fully saturated rings. The summed E-state index contributed by atoms with van der Waals surface area (Å²) in [6.45, 7) is 9.55. The fraction of sp³-hybridized carbons (Fsp3) is 0.684. The third-order valence-electron chi connectivity index (χ3n) is 4.85. The Hall–Kier alpha value is -0.670. The van der Waals surface area contributed by atoms with Crippen LogP contribution in [0.4, 0.5) is 0 Å². The number of hydrogen-bond donors (Lipinski definition) is 0. The van der Waals surface area contributed by atoms with E-state index in [1.54, 1.807) is 0 Å². The largest absolute Gasteiger partial charge is 0.377 e. The highest BCUT2D eigenvalue weighted by Crippen LogP contribution is 2.35. The predicted octanol–water partition coefficient (Wildman–Crippen LogP) is 4.58. The van der Waals surface area contributed by atoms with Crippen molar-refractivity contribution in [3.05, 3.63) is 29.8 Å². The molecule has 0 heterocycles. The van der Waals surface area contributed by atoms with Crippen LogP contribution in [0, 0.1) is 24.7 Å². The van der Waals surface area contributed by atoms with Crippen molar-refractivity contribution in [2.45, 2.75) is 58.0 Å². The molecule has 1 saturated carbocycles. The summed E-state index contributed by atoms with van der Waals surface area (Å²) in [5.74, 6) is 2.67. The van der Waals surface area contributed by atoms with Crippen molar-refractivity contribution in [2.75, 3.05) is 12.4 Å². The van der Waals surface area contributed by atoms with Gasteiger partial charge < -0.3 is 4.74 Å². The number of ether oxygens (including phenoxy) is 1. The number of hydrogen-bond acceptors (Lipinski definition) is 2. The lowest BCUT2D eigenvalue weighted by Crippen LogP contribution is -2.35. The highest BCUT2D eigenvalue weighted by Gasteiger charge is 2.31. The Morgan fingerprint density at radius 3 is 2.55 bits per heavy atom. The molecule has 1 aliphatic rings. The topological polar surface area (TPSA) is 26.3 Å². The van der Waals surface area contributed by atoms with Crippen molar-refractivity contribution in [1.82, 2.24) is 0 Å². The normalized spacial score (nSPS) is 27.0.